The number of phenols is 1. The van der Waals surface area contributed by atoms with Crippen LogP contribution in [0.2, 0.25) is 0 Å². The largest absolute Gasteiger partial charge is 0.504 e. The summed E-state index contributed by atoms with van der Waals surface area (Å²) in [5.41, 5.74) is 2.60. The molecule has 144 valence electrons. The van der Waals surface area contributed by atoms with Gasteiger partial charge in [-0.15, -0.1) is 0 Å². The number of carbonyl (C=O) groups is 3. The summed E-state index contributed by atoms with van der Waals surface area (Å²) in [7, 11) is 1.40. The highest BCUT2D eigenvalue weighted by molar-refractivity contribution is 14.1. The first-order valence-electron chi connectivity index (χ1n) is 8.28. The van der Waals surface area contributed by atoms with Gasteiger partial charge in [0.05, 0.1) is 16.4 Å². The number of halogens is 1. The molecule has 0 aromatic heterocycles. The Hall–Kier alpha value is -2.88. The van der Waals surface area contributed by atoms with Gasteiger partial charge < -0.3 is 9.84 Å². The molecule has 1 heterocycles. The Balaban J connectivity index is 2.06. The summed E-state index contributed by atoms with van der Waals surface area (Å²) in [6.45, 7) is 3.80. The number of nitrogens with one attached hydrogen (secondary N) is 1. The van der Waals surface area contributed by atoms with Gasteiger partial charge in [0, 0.05) is 0 Å². The second-order valence-corrected chi connectivity index (χ2v) is 7.44. The van der Waals surface area contributed by atoms with Gasteiger partial charge in [-0.2, -0.15) is 0 Å². The van der Waals surface area contributed by atoms with E-state index in [2.05, 4.69) is 5.32 Å². The lowest BCUT2D eigenvalue weighted by atomic mass is 10.0. The van der Waals surface area contributed by atoms with Crippen LogP contribution in [-0.4, -0.2) is 30.1 Å². The molecular formula is C20H17IN2O5. The molecule has 0 bridgehead atoms. The second-order valence-electron chi connectivity index (χ2n) is 6.28. The van der Waals surface area contributed by atoms with Crippen molar-refractivity contribution in [1.29, 1.82) is 0 Å². The maximum atomic E-state index is 12.9. The Labute approximate surface area is 175 Å². The van der Waals surface area contributed by atoms with Crippen LogP contribution >= 0.6 is 22.6 Å². The van der Waals surface area contributed by atoms with Crippen LogP contribution in [0.4, 0.5) is 10.5 Å². The molecular weight excluding hydrogens is 475 g/mol. The first kappa shape index (κ1) is 19.9. The average molecular weight is 492 g/mol. The fourth-order valence-corrected chi connectivity index (χ4v) is 3.38. The molecule has 0 atom stereocenters. The van der Waals surface area contributed by atoms with E-state index in [-0.39, 0.29) is 17.1 Å². The molecule has 4 amide bonds. The van der Waals surface area contributed by atoms with Crippen molar-refractivity contribution in [3.63, 3.8) is 0 Å². The zero-order chi connectivity index (χ0) is 20.6. The molecule has 1 saturated heterocycles. The van der Waals surface area contributed by atoms with Gasteiger partial charge in [0.15, 0.2) is 11.5 Å². The highest BCUT2D eigenvalue weighted by atomic mass is 127. The lowest BCUT2D eigenvalue weighted by Crippen LogP contribution is -2.54. The van der Waals surface area contributed by atoms with Crippen LogP contribution in [0, 0.1) is 17.4 Å². The van der Waals surface area contributed by atoms with Gasteiger partial charge in [-0.25, -0.2) is 9.69 Å². The Morgan fingerprint density at radius 2 is 1.82 bits per heavy atom. The highest BCUT2D eigenvalue weighted by Gasteiger charge is 2.37. The van der Waals surface area contributed by atoms with Crippen molar-refractivity contribution >= 4 is 52.2 Å². The minimum absolute atomic E-state index is 0.0309. The van der Waals surface area contributed by atoms with Crippen LogP contribution < -0.4 is 15.0 Å². The van der Waals surface area contributed by atoms with E-state index in [0.29, 0.717) is 14.8 Å². The summed E-state index contributed by atoms with van der Waals surface area (Å²) in [6, 6.07) is 7.48. The molecule has 2 N–H and O–H groups in total. The third-order valence-electron chi connectivity index (χ3n) is 4.43. The number of imide groups is 2. The van der Waals surface area contributed by atoms with Crippen molar-refractivity contribution in [2.45, 2.75) is 13.8 Å². The predicted molar refractivity (Wildman–Crippen MR) is 112 cm³/mol. The van der Waals surface area contributed by atoms with Crippen molar-refractivity contribution < 1.29 is 24.2 Å². The molecule has 0 saturated carbocycles. The summed E-state index contributed by atoms with van der Waals surface area (Å²) < 4.78 is 5.60. The number of urea groups is 1. The van der Waals surface area contributed by atoms with E-state index in [1.165, 1.54) is 19.3 Å². The number of hydrogen-bond donors (Lipinski definition) is 2. The minimum Gasteiger partial charge on any atom is -0.504 e. The summed E-state index contributed by atoms with van der Waals surface area (Å²) in [5.74, 6) is -1.32. The normalized spacial score (nSPS) is 15.8. The zero-order valence-corrected chi connectivity index (χ0v) is 17.5. The summed E-state index contributed by atoms with van der Waals surface area (Å²) in [4.78, 5) is 38.5. The van der Waals surface area contributed by atoms with E-state index in [4.69, 9.17) is 4.74 Å². The number of rotatable bonds is 3. The van der Waals surface area contributed by atoms with E-state index < -0.39 is 17.8 Å². The third-order valence-corrected chi connectivity index (χ3v) is 5.25. The predicted octanol–water partition coefficient (Wildman–Crippen LogP) is 3.29. The quantitative estimate of drug-likeness (QED) is 0.390. The van der Waals surface area contributed by atoms with Crippen LogP contribution in [0.1, 0.15) is 16.7 Å². The second kappa shape index (κ2) is 7.63. The first-order chi connectivity index (χ1) is 13.2. The molecule has 1 fully saturated rings. The maximum Gasteiger partial charge on any atom is 0.335 e. The lowest BCUT2D eigenvalue weighted by Gasteiger charge is -2.26. The van der Waals surface area contributed by atoms with Crippen molar-refractivity contribution in [2.24, 2.45) is 0 Å². The van der Waals surface area contributed by atoms with Crippen molar-refractivity contribution in [2.75, 3.05) is 12.0 Å². The monoisotopic (exact) mass is 492 g/mol. The van der Waals surface area contributed by atoms with E-state index >= 15 is 0 Å². The summed E-state index contributed by atoms with van der Waals surface area (Å²) in [5, 5.41) is 12.1. The Kier molecular flexibility index (Phi) is 5.41. The van der Waals surface area contributed by atoms with Gasteiger partial charge in [0.1, 0.15) is 5.57 Å². The number of amides is 4. The maximum absolute atomic E-state index is 12.9. The molecule has 1 aliphatic heterocycles. The molecule has 1 aliphatic rings. The first-order valence-corrected chi connectivity index (χ1v) is 9.36. The van der Waals surface area contributed by atoms with Crippen LogP contribution in [0.5, 0.6) is 11.5 Å². The van der Waals surface area contributed by atoms with E-state index in [1.54, 1.807) is 24.3 Å². The summed E-state index contributed by atoms with van der Waals surface area (Å²) in [6.07, 6.45) is 1.36. The molecule has 28 heavy (non-hydrogen) atoms. The van der Waals surface area contributed by atoms with E-state index in [1.807, 2.05) is 36.4 Å². The number of hydrogen-bond acceptors (Lipinski definition) is 5. The van der Waals surface area contributed by atoms with Gasteiger partial charge in [-0.05, 0) is 83.5 Å². The molecule has 2 aromatic rings. The van der Waals surface area contributed by atoms with Gasteiger partial charge in [-0.1, -0.05) is 6.07 Å². The molecule has 0 radical (unpaired) electrons. The zero-order valence-electron chi connectivity index (χ0n) is 15.4. The number of nitrogens with zero attached hydrogens (tertiary/aromatic N) is 1. The topological polar surface area (TPSA) is 95.9 Å². The SMILES string of the molecule is COc1cc(/C=C2/C(=O)NC(=O)N(c3ccc(C)c(C)c3)C2=O)cc(I)c1O. The van der Waals surface area contributed by atoms with Crippen molar-refractivity contribution in [3.8, 4) is 11.5 Å². The van der Waals surface area contributed by atoms with Crippen LogP contribution in [0.3, 0.4) is 0 Å². The van der Waals surface area contributed by atoms with Gasteiger partial charge in [-0.3, -0.25) is 14.9 Å². The van der Waals surface area contributed by atoms with Crippen LogP contribution in [0.25, 0.3) is 6.08 Å². The van der Waals surface area contributed by atoms with E-state index in [0.717, 1.165) is 16.0 Å². The Morgan fingerprint density at radius 1 is 1.11 bits per heavy atom. The fourth-order valence-electron chi connectivity index (χ4n) is 2.76. The average Bonchev–Trinajstić information content (AvgIpc) is 2.64. The minimum atomic E-state index is -0.798. The number of benzene rings is 2. The van der Waals surface area contributed by atoms with E-state index in [9.17, 15) is 19.5 Å². The van der Waals surface area contributed by atoms with Crippen LogP contribution in [0.15, 0.2) is 35.9 Å². The number of carbonyl (C=O) groups excluding carboxylic acids is 3. The highest BCUT2D eigenvalue weighted by Crippen LogP contribution is 2.33. The molecule has 2 aromatic carbocycles. The fraction of sp³-hybridized carbons (Fsp3) is 0.150. The summed E-state index contributed by atoms with van der Waals surface area (Å²) >= 11 is 1.92. The van der Waals surface area contributed by atoms with Gasteiger partial charge >= 0.3 is 6.03 Å². The number of aromatic hydroxyl groups is 1. The van der Waals surface area contributed by atoms with Crippen molar-refractivity contribution in [1.82, 2.24) is 5.32 Å². The number of ether oxygens (including phenoxy) is 1. The number of anilines is 1. The van der Waals surface area contributed by atoms with Crippen LogP contribution in [-0.2, 0) is 9.59 Å². The number of phenolic OH excluding ortho intramolecular Hbond substituents is 1. The molecule has 0 spiro atoms. The van der Waals surface area contributed by atoms with Gasteiger partial charge in [0.2, 0.25) is 0 Å². The Morgan fingerprint density at radius 3 is 2.46 bits per heavy atom. The molecule has 8 heteroatoms. The smallest absolute Gasteiger partial charge is 0.335 e. The Bertz CT molecular complexity index is 1050. The third kappa shape index (κ3) is 3.59. The molecule has 0 aliphatic carbocycles. The molecule has 7 nitrogen and oxygen atoms in total. The number of aryl methyl sites for hydroxylation is 2. The number of barbiturate groups is 1. The number of methoxy groups -OCH3 is 1. The van der Waals surface area contributed by atoms with Gasteiger partial charge in [0.25, 0.3) is 11.8 Å². The lowest BCUT2D eigenvalue weighted by molar-refractivity contribution is -0.122. The van der Waals surface area contributed by atoms with Crippen molar-refractivity contribution in [3.05, 3.63) is 56.2 Å². The standard InChI is InChI=1S/C20H17IN2O5/c1-10-4-5-13(6-11(10)2)23-19(26)14(18(25)22-20(23)27)7-12-8-15(21)17(24)16(9-12)28-3/h4-9,24H,1-3H3,(H,22,25,27)/b14-7-. The molecule has 0 unspecified atom stereocenters. The molecule has 3 rings (SSSR count).